The van der Waals surface area contributed by atoms with E-state index >= 15 is 0 Å². The number of alkyl halides is 3. The van der Waals surface area contributed by atoms with Crippen LogP contribution in [-0.4, -0.2) is 30.3 Å². The summed E-state index contributed by atoms with van der Waals surface area (Å²) >= 11 is 0. The predicted molar refractivity (Wildman–Crippen MR) is 101 cm³/mol. The molecule has 156 valence electrons. The molecule has 1 aliphatic carbocycles. The highest BCUT2D eigenvalue weighted by molar-refractivity contribution is 5.91. The van der Waals surface area contributed by atoms with E-state index in [9.17, 15) is 18.0 Å². The van der Waals surface area contributed by atoms with Crippen LogP contribution in [0, 0.1) is 0 Å². The van der Waals surface area contributed by atoms with Gasteiger partial charge in [0.2, 0.25) is 0 Å². The average molecular weight is 409 g/mol. The molecular formula is C20H22F3N3O3. The summed E-state index contributed by atoms with van der Waals surface area (Å²) < 4.78 is 49.7. The molecule has 1 aliphatic rings. The van der Waals surface area contributed by atoms with Crippen molar-refractivity contribution in [2.45, 2.75) is 44.0 Å². The van der Waals surface area contributed by atoms with Gasteiger partial charge in [-0.2, -0.15) is 13.2 Å². The van der Waals surface area contributed by atoms with Crippen LogP contribution in [0.25, 0.3) is 0 Å². The molecule has 29 heavy (non-hydrogen) atoms. The molecule has 1 fully saturated rings. The monoisotopic (exact) mass is 409 g/mol. The molecule has 0 atom stereocenters. The first-order chi connectivity index (χ1) is 13.8. The Kier molecular flexibility index (Phi) is 6.46. The van der Waals surface area contributed by atoms with Crippen LogP contribution in [0.5, 0.6) is 11.5 Å². The number of hydrogen-bond donors (Lipinski definition) is 2. The van der Waals surface area contributed by atoms with E-state index in [1.807, 2.05) is 0 Å². The van der Waals surface area contributed by atoms with Crippen LogP contribution in [0.2, 0.25) is 0 Å². The van der Waals surface area contributed by atoms with E-state index in [0.717, 1.165) is 30.7 Å². The highest BCUT2D eigenvalue weighted by Crippen LogP contribution is 2.35. The summed E-state index contributed by atoms with van der Waals surface area (Å²) in [6.07, 6.45) is 1.82. The molecule has 1 aromatic carbocycles. The molecule has 0 unspecified atom stereocenters. The van der Waals surface area contributed by atoms with Crippen LogP contribution < -0.4 is 20.1 Å². The van der Waals surface area contributed by atoms with E-state index in [1.165, 1.54) is 13.2 Å². The number of aromatic nitrogens is 1. The summed E-state index contributed by atoms with van der Waals surface area (Å²) in [5.74, 6) is 0.911. The van der Waals surface area contributed by atoms with Gasteiger partial charge in [-0.05, 0) is 56.0 Å². The van der Waals surface area contributed by atoms with Gasteiger partial charge in [-0.15, -0.1) is 0 Å². The van der Waals surface area contributed by atoms with E-state index in [-0.39, 0.29) is 23.6 Å². The zero-order valence-corrected chi connectivity index (χ0v) is 15.8. The summed E-state index contributed by atoms with van der Waals surface area (Å²) in [5, 5.41) is 5.27. The van der Waals surface area contributed by atoms with Crippen LogP contribution in [0.4, 0.5) is 23.7 Å². The lowest BCUT2D eigenvalue weighted by molar-refractivity contribution is -0.137. The van der Waals surface area contributed by atoms with Gasteiger partial charge in [0.05, 0.1) is 24.5 Å². The molecular weight excluding hydrogens is 387 g/mol. The molecule has 2 amide bonds. The van der Waals surface area contributed by atoms with Gasteiger partial charge in [0.1, 0.15) is 11.5 Å². The molecule has 0 saturated heterocycles. The molecule has 2 N–H and O–H groups in total. The lowest BCUT2D eigenvalue weighted by atomic mass is 9.93. The smallest absolute Gasteiger partial charge is 0.416 e. The van der Waals surface area contributed by atoms with Crippen LogP contribution in [0.15, 0.2) is 42.7 Å². The maximum Gasteiger partial charge on any atom is 0.416 e. The number of rotatable bonds is 5. The second kappa shape index (κ2) is 9.02. The van der Waals surface area contributed by atoms with Gasteiger partial charge in [0.25, 0.3) is 0 Å². The molecule has 9 heteroatoms. The Hall–Kier alpha value is -2.97. The van der Waals surface area contributed by atoms with Crippen molar-refractivity contribution in [2.75, 3.05) is 12.4 Å². The quantitative estimate of drug-likeness (QED) is 0.756. The maximum absolute atomic E-state index is 12.9. The lowest BCUT2D eigenvalue weighted by Gasteiger charge is -2.29. The first kappa shape index (κ1) is 20.8. The molecule has 1 aromatic heterocycles. The molecule has 0 radical (unpaired) electrons. The number of carbonyl (C=O) groups is 1. The largest absolute Gasteiger partial charge is 0.495 e. The van der Waals surface area contributed by atoms with Gasteiger partial charge >= 0.3 is 12.2 Å². The Balaban J connectivity index is 1.53. The summed E-state index contributed by atoms with van der Waals surface area (Å²) in [6.45, 7) is 0. The van der Waals surface area contributed by atoms with Crippen molar-refractivity contribution < 1.29 is 27.4 Å². The number of amides is 2. The molecule has 0 aliphatic heterocycles. The van der Waals surface area contributed by atoms with E-state index < -0.39 is 17.8 Å². The number of carbonyl (C=O) groups excluding carboxylic acids is 1. The van der Waals surface area contributed by atoms with Crippen molar-refractivity contribution in [3.8, 4) is 11.5 Å². The fourth-order valence-corrected chi connectivity index (χ4v) is 3.26. The number of urea groups is 1. The number of methoxy groups -OCH3 is 1. The Morgan fingerprint density at radius 2 is 1.79 bits per heavy atom. The number of hydrogen-bond acceptors (Lipinski definition) is 4. The van der Waals surface area contributed by atoms with Crippen molar-refractivity contribution in [3.05, 3.63) is 48.3 Å². The van der Waals surface area contributed by atoms with Crippen molar-refractivity contribution in [2.24, 2.45) is 0 Å². The van der Waals surface area contributed by atoms with Gasteiger partial charge in [-0.1, -0.05) is 0 Å². The predicted octanol–water partition coefficient (Wildman–Crippen LogP) is 4.62. The minimum Gasteiger partial charge on any atom is -0.495 e. The van der Waals surface area contributed by atoms with Crippen LogP contribution in [0.3, 0.4) is 0 Å². The number of benzene rings is 1. The SMILES string of the molecule is COc1ccc(C(F)(F)F)cc1NC(=O)NC1CCC(Oc2ccncc2)CC1. The van der Waals surface area contributed by atoms with Crippen LogP contribution >= 0.6 is 0 Å². The summed E-state index contributed by atoms with van der Waals surface area (Å²) in [5.41, 5.74) is -0.892. The van der Waals surface area contributed by atoms with E-state index in [1.54, 1.807) is 24.5 Å². The molecule has 1 saturated carbocycles. The molecule has 2 aromatic rings. The Bertz CT molecular complexity index is 823. The second-order valence-electron chi connectivity index (χ2n) is 6.79. The van der Waals surface area contributed by atoms with E-state index in [2.05, 4.69) is 15.6 Å². The van der Waals surface area contributed by atoms with Crippen molar-refractivity contribution >= 4 is 11.7 Å². The van der Waals surface area contributed by atoms with Crippen molar-refractivity contribution in [3.63, 3.8) is 0 Å². The number of halogens is 3. The number of pyridine rings is 1. The molecule has 3 rings (SSSR count). The maximum atomic E-state index is 12.9. The van der Waals surface area contributed by atoms with E-state index in [0.29, 0.717) is 12.8 Å². The number of anilines is 1. The Labute approximate surface area is 166 Å². The average Bonchev–Trinajstić information content (AvgIpc) is 2.69. The van der Waals surface area contributed by atoms with Gasteiger partial charge in [0.15, 0.2) is 0 Å². The topological polar surface area (TPSA) is 72.5 Å². The number of nitrogens with zero attached hydrogens (tertiary/aromatic N) is 1. The normalized spacial score (nSPS) is 19.3. The third-order valence-corrected chi connectivity index (χ3v) is 4.74. The Morgan fingerprint density at radius 1 is 1.10 bits per heavy atom. The summed E-state index contributed by atoms with van der Waals surface area (Å²) in [4.78, 5) is 16.2. The fraction of sp³-hybridized carbons (Fsp3) is 0.400. The summed E-state index contributed by atoms with van der Waals surface area (Å²) in [7, 11) is 1.33. The highest BCUT2D eigenvalue weighted by atomic mass is 19.4. The minimum absolute atomic E-state index is 0.0328. The number of ether oxygens (including phenoxy) is 2. The lowest BCUT2D eigenvalue weighted by Crippen LogP contribution is -2.41. The van der Waals surface area contributed by atoms with Gasteiger partial charge in [0, 0.05) is 18.4 Å². The van der Waals surface area contributed by atoms with Crippen molar-refractivity contribution in [1.29, 1.82) is 0 Å². The zero-order valence-electron chi connectivity index (χ0n) is 15.8. The van der Waals surface area contributed by atoms with Crippen LogP contribution in [-0.2, 0) is 6.18 Å². The fourth-order valence-electron chi connectivity index (χ4n) is 3.26. The highest BCUT2D eigenvalue weighted by Gasteiger charge is 2.31. The number of nitrogens with one attached hydrogen (secondary N) is 2. The van der Waals surface area contributed by atoms with Crippen LogP contribution in [0.1, 0.15) is 31.2 Å². The van der Waals surface area contributed by atoms with E-state index in [4.69, 9.17) is 9.47 Å². The first-order valence-electron chi connectivity index (χ1n) is 9.24. The minimum atomic E-state index is -4.51. The molecule has 6 nitrogen and oxygen atoms in total. The second-order valence-corrected chi connectivity index (χ2v) is 6.79. The third kappa shape index (κ3) is 5.75. The van der Waals surface area contributed by atoms with Gasteiger partial charge in [-0.3, -0.25) is 4.98 Å². The summed E-state index contributed by atoms with van der Waals surface area (Å²) in [6, 6.07) is 5.88. The molecule has 0 spiro atoms. The standard InChI is InChI=1S/C20H22F3N3O3/c1-28-18-7-2-13(20(21,22)23)12-17(18)26-19(27)25-14-3-5-15(6-4-14)29-16-8-10-24-11-9-16/h2,7-12,14-15H,3-6H2,1H3,(H2,25,26,27). The van der Waals surface area contributed by atoms with Gasteiger partial charge < -0.3 is 20.1 Å². The van der Waals surface area contributed by atoms with Gasteiger partial charge in [-0.25, -0.2) is 4.79 Å². The van der Waals surface area contributed by atoms with Crippen molar-refractivity contribution in [1.82, 2.24) is 10.3 Å². The third-order valence-electron chi connectivity index (χ3n) is 4.74. The Morgan fingerprint density at radius 3 is 2.41 bits per heavy atom. The molecule has 1 heterocycles. The zero-order chi connectivity index (χ0) is 20.9. The first-order valence-corrected chi connectivity index (χ1v) is 9.24. The molecule has 0 bridgehead atoms.